The van der Waals surface area contributed by atoms with Crippen LogP contribution in [0, 0.1) is 0 Å². The maximum absolute atomic E-state index is 12.2. The van der Waals surface area contributed by atoms with Gasteiger partial charge in [-0.2, -0.15) is 0 Å². The topological polar surface area (TPSA) is 54.3 Å². The van der Waals surface area contributed by atoms with Gasteiger partial charge in [0.2, 0.25) is 5.91 Å². The fourth-order valence-corrected chi connectivity index (χ4v) is 3.14. The quantitative estimate of drug-likeness (QED) is 0.815. The number of likely N-dealkylation sites (N-methyl/N-ethyl adjacent to an activating group) is 1. The van der Waals surface area contributed by atoms with E-state index in [1.807, 2.05) is 18.3 Å². The zero-order chi connectivity index (χ0) is 14.8. The van der Waals surface area contributed by atoms with E-state index in [4.69, 9.17) is 0 Å². The summed E-state index contributed by atoms with van der Waals surface area (Å²) in [6.45, 7) is 5.57. The SMILES string of the molecule is CCn1cnnc1C1CCN(CC(=O)N(C)C2CC2)CC1. The smallest absolute Gasteiger partial charge is 0.236 e. The Kier molecular flexibility index (Phi) is 4.24. The van der Waals surface area contributed by atoms with Gasteiger partial charge >= 0.3 is 0 Å². The minimum absolute atomic E-state index is 0.271. The van der Waals surface area contributed by atoms with Gasteiger partial charge in [-0.15, -0.1) is 10.2 Å². The Bertz CT molecular complexity index is 488. The van der Waals surface area contributed by atoms with Gasteiger partial charge in [-0.3, -0.25) is 9.69 Å². The number of aromatic nitrogens is 3. The average molecular weight is 291 g/mol. The summed E-state index contributed by atoms with van der Waals surface area (Å²) < 4.78 is 2.13. The molecule has 0 aromatic carbocycles. The number of carbonyl (C=O) groups is 1. The summed E-state index contributed by atoms with van der Waals surface area (Å²) >= 11 is 0. The monoisotopic (exact) mass is 291 g/mol. The third-order valence-corrected chi connectivity index (χ3v) is 4.79. The second kappa shape index (κ2) is 6.13. The van der Waals surface area contributed by atoms with Gasteiger partial charge in [0.15, 0.2) is 0 Å². The highest BCUT2D eigenvalue weighted by molar-refractivity contribution is 5.78. The van der Waals surface area contributed by atoms with Crippen molar-refractivity contribution in [3.63, 3.8) is 0 Å². The summed E-state index contributed by atoms with van der Waals surface area (Å²) in [5, 5.41) is 8.30. The fraction of sp³-hybridized carbons (Fsp3) is 0.800. The Hall–Kier alpha value is -1.43. The summed E-state index contributed by atoms with van der Waals surface area (Å²) in [5.41, 5.74) is 0. The standard InChI is InChI=1S/C15H25N5O/c1-3-20-11-16-17-15(20)12-6-8-19(9-7-12)10-14(21)18(2)13-4-5-13/h11-13H,3-10H2,1-2H3. The van der Waals surface area contributed by atoms with E-state index >= 15 is 0 Å². The minimum Gasteiger partial charge on any atom is -0.342 e. The van der Waals surface area contributed by atoms with Crippen molar-refractivity contribution < 1.29 is 4.79 Å². The lowest BCUT2D eigenvalue weighted by molar-refractivity contribution is -0.131. The number of carbonyl (C=O) groups excluding carboxylic acids is 1. The van der Waals surface area contributed by atoms with Gasteiger partial charge in [-0.05, 0) is 45.7 Å². The fourth-order valence-electron chi connectivity index (χ4n) is 3.14. The number of hydrogen-bond acceptors (Lipinski definition) is 4. The molecule has 2 fully saturated rings. The Morgan fingerprint density at radius 2 is 2.05 bits per heavy atom. The van der Waals surface area contributed by atoms with Gasteiger partial charge in [-0.25, -0.2) is 0 Å². The van der Waals surface area contributed by atoms with Crippen LogP contribution in [0.1, 0.15) is 44.3 Å². The summed E-state index contributed by atoms with van der Waals surface area (Å²) in [6.07, 6.45) is 6.31. The van der Waals surface area contributed by atoms with Crippen molar-refractivity contribution in [3.05, 3.63) is 12.2 Å². The number of rotatable bonds is 5. The molecule has 1 aromatic rings. The molecule has 1 amide bonds. The van der Waals surface area contributed by atoms with E-state index in [9.17, 15) is 4.79 Å². The van der Waals surface area contributed by atoms with Gasteiger partial charge in [-0.1, -0.05) is 0 Å². The van der Waals surface area contributed by atoms with Crippen molar-refractivity contribution in [1.82, 2.24) is 24.6 Å². The Labute approximate surface area is 126 Å². The first-order valence-electron chi connectivity index (χ1n) is 8.04. The van der Waals surface area contributed by atoms with Crippen LogP contribution in [-0.4, -0.2) is 63.2 Å². The molecule has 1 saturated heterocycles. The van der Waals surface area contributed by atoms with Crippen molar-refractivity contribution in [2.75, 3.05) is 26.7 Å². The lowest BCUT2D eigenvalue weighted by Gasteiger charge is -2.32. The van der Waals surface area contributed by atoms with Gasteiger partial charge in [0.25, 0.3) is 0 Å². The Morgan fingerprint density at radius 3 is 2.67 bits per heavy atom. The van der Waals surface area contributed by atoms with E-state index in [2.05, 4.69) is 26.6 Å². The largest absolute Gasteiger partial charge is 0.342 e. The van der Waals surface area contributed by atoms with E-state index in [-0.39, 0.29) is 5.91 Å². The van der Waals surface area contributed by atoms with Crippen molar-refractivity contribution in [3.8, 4) is 0 Å². The molecule has 0 atom stereocenters. The number of piperidine rings is 1. The molecular weight excluding hydrogens is 266 g/mol. The molecule has 0 bridgehead atoms. The molecule has 116 valence electrons. The molecule has 21 heavy (non-hydrogen) atoms. The van der Waals surface area contributed by atoms with Gasteiger partial charge in [0, 0.05) is 25.6 Å². The molecule has 1 aliphatic carbocycles. The zero-order valence-electron chi connectivity index (χ0n) is 13.0. The molecule has 6 nitrogen and oxygen atoms in total. The van der Waals surface area contributed by atoms with E-state index in [0.29, 0.717) is 18.5 Å². The first-order valence-corrected chi connectivity index (χ1v) is 8.04. The van der Waals surface area contributed by atoms with E-state index in [1.54, 1.807) is 0 Å². The molecule has 6 heteroatoms. The van der Waals surface area contributed by atoms with Crippen LogP contribution in [-0.2, 0) is 11.3 Å². The third kappa shape index (κ3) is 3.26. The maximum atomic E-state index is 12.2. The molecule has 1 saturated carbocycles. The van der Waals surface area contributed by atoms with Crippen molar-refractivity contribution in [2.24, 2.45) is 0 Å². The second-order valence-corrected chi connectivity index (χ2v) is 6.26. The van der Waals surface area contributed by atoms with Crippen molar-refractivity contribution in [2.45, 2.75) is 51.1 Å². The van der Waals surface area contributed by atoms with Crippen molar-refractivity contribution in [1.29, 1.82) is 0 Å². The maximum Gasteiger partial charge on any atom is 0.236 e. The summed E-state index contributed by atoms with van der Waals surface area (Å²) in [7, 11) is 1.94. The van der Waals surface area contributed by atoms with Crippen LogP contribution >= 0.6 is 0 Å². The second-order valence-electron chi connectivity index (χ2n) is 6.26. The number of likely N-dealkylation sites (tertiary alicyclic amines) is 1. The summed E-state index contributed by atoms with van der Waals surface area (Å²) in [6, 6.07) is 0.512. The Morgan fingerprint density at radius 1 is 1.33 bits per heavy atom. The molecule has 2 heterocycles. The molecule has 0 N–H and O–H groups in total. The van der Waals surface area contributed by atoms with Crippen LogP contribution in [0.15, 0.2) is 6.33 Å². The molecule has 0 unspecified atom stereocenters. The minimum atomic E-state index is 0.271. The normalized spacial score (nSPS) is 20.7. The highest BCUT2D eigenvalue weighted by atomic mass is 16.2. The van der Waals surface area contributed by atoms with Crippen LogP contribution in [0.2, 0.25) is 0 Å². The van der Waals surface area contributed by atoms with Crippen LogP contribution in [0.5, 0.6) is 0 Å². The number of aryl methyl sites for hydroxylation is 1. The highest BCUT2D eigenvalue weighted by Crippen LogP contribution is 2.28. The van der Waals surface area contributed by atoms with Crippen LogP contribution in [0.4, 0.5) is 0 Å². The predicted octanol–water partition coefficient (Wildman–Crippen LogP) is 1.10. The zero-order valence-corrected chi connectivity index (χ0v) is 13.0. The average Bonchev–Trinajstić information content (AvgIpc) is 3.24. The van der Waals surface area contributed by atoms with Crippen LogP contribution < -0.4 is 0 Å². The summed E-state index contributed by atoms with van der Waals surface area (Å²) in [4.78, 5) is 16.4. The first-order chi connectivity index (χ1) is 10.2. The van der Waals surface area contributed by atoms with Crippen molar-refractivity contribution >= 4 is 5.91 Å². The molecule has 0 spiro atoms. The lowest BCUT2D eigenvalue weighted by Crippen LogP contribution is -2.42. The number of amides is 1. The molecule has 2 aliphatic rings. The lowest BCUT2D eigenvalue weighted by atomic mass is 9.96. The molecule has 1 aromatic heterocycles. The first kappa shape index (κ1) is 14.5. The van der Waals surface area contributed by atoms with Gasteiger partial charge in [0.05, 0.1) is 6.54 Å². The third-order valence-electron chi connectivity index (χ3n) is 4.79. The van der Waals surface area contributed by atoms with Gasteiger partial charge in [0.1, 0.15) is 12.2 Å². The van der Waals surface area contributed by atoms with E-state index in [0.717, 1.165) is 38.3 Å². The molecular formula is C15H25N5O. The number of nitrogens with zero attached hydrogens (tertiary/aromatic N) is 5. The molecule has 3 rings (SSSR count). The van der Waals surface area contributed by atoms with Crippen LogP contribution in [0.25, 0.3) is 0 Å². The van der Waals surface area contributed by atoms with E-state index < -0.39 is 0 Å². The molecule has 0 radical (unpaired) electrons. The van der Waals surface area contributed by atoms with E-state index in [1.165, 1.54) is 12.8 Å². The van der Waals surface area contributed by atoms with Crippen LogP contribution in [0.3, 0.4) is 0 Å². The van der Waals surface area contributed by atoms with Gasteiger partial charge < -0.3 is 9.47 Å². The summed E-state index contributed by atoms with van der Waals surface area (Å²) in [5.74, 6) is 1.87. The highest BCUT2D eigenvalue weighted by Gasteiger charge is 2.31. The Balaban J connectivity index is 1.49. The predicted molar refractivity (Wildman–Crippen MR) is 79.9 cm³/mol. The molecule has 1 aliphatic heterocycles. The number of hydrogen-bond donors (Lipinski definition) is 0.